The van der Waals surface area contributed by atoms with Crippen LogP contribution in [0.3, 0.4) is 0 Å². The minimum atomic E-state index is -3.69. The number of sulfonamides is 1. The SMILES string of the molecule is COC(=O)c1ncsc1S(=O)(=O)N1CCN[C@H](C)C1.Cl. The summed E-state index contributed by atoms with van der Waals surface area (Å²) in [7, 11) is -2.49. The van der Waals surface area contributed by atoms with Crippen molar-refractivity contribution < 1.29 is 17.9 Å². The molecule has 1 aromatic heterocycles. The van der Waals surface area contributed by atoms with Gasteiger partial charge >= 0.3 is 5.97 Å². The molecule has 20 heavy (non-hydrogen) atoms. The van der Waals surface area contributed by atoms with Crippen molar-refractivity contribution in [1.82, 2.24) is 14.6 Å². The summed E-state index contributed by atoms with van der Waals surface area (Å²) in [5.41, 5.74) is 1.20. The van der Waals surface area contributed by atoms with Crippen molar-refractivity contribution in [2.45, 2.75) is 17.2 Å². The van der Waals surface area contributed by atoms with Crippen LogP contribution in [-0.2, 0) is 14.8 Å². The number of rotatable bonds is 3. The molecule has 0 radical (unpaired) electrons. The lowest BCUT2D eigenvalue weighted by atomic mass is 10.3. The van der Waals surface area contributed by atoms with E-state index in [-0.39, 0.29) is 28.4 Å². The number of esters is 1. The molecule has 0 saturated carbocycles. The van der Waals surface area contributed by atoms with E-state index in [1.54, 1.807) is 0 Å². The first kappa shape index (κ1) is 17.3. The lowest BCUT2D eigenvalue weighted by molar-refractivity contribution is 0.0590. The third-order valence-corrected chi connectivity index (χ3v) is 6.03. The second-order valence-corrected chi connectivity index (χ2v) is 7.19. The predicted molar refractivity (Wildman–Crippen MR) is 76.9 cm³/mol. The van der Waals surface area contributed by atoms with Crippen LogP contribution in [0.25, 0.3) is 0 Å². The molecular weight excluding hydrogens is 326 g/mol. The summed E-state index contributed by atoms with van der Waals surface area (Å²) in [4.78, 5) is 15.3. The molecule has 0 aromatic carbocycles. The van der Waals surface area contributed by atoms with Crippen LogP contribution < -0.4 is 5.32 Å². The second-order valence-electron chi connectivity index (χ2n) is 4.20. The quantitative estimate of drug-likeness (QED) is 0.797. The minimum absolute atomic E-state index is 0. The van der Waals surface area contributed by atoms with Crippen molar-refractivity contribution in [3.05, 3.63) is 11.2 Å². The third kappa shape index (κ3) is 3.29. The summed E-state index contributed by atoms with van der Waals surface area (Å²) >= 11 is 0.933. The van der Waals surface area contributed by atoms with Gasteiger partial charge in [-0.05, 0) is 6.92 Å². The maximum absolute atomic E-state index is 12.5. The number of methoxy groups -OCH3 is 1. The molecular formula is C10H16ClN3O4S2. The fourth-order valence-electron chi connectivity index (χ4n) is 1.88. The molecule has 0 amide bonds. The number of ether oxygens (including phenoxy) is 1. The Labute approximate surface area is 127 Å². The topological polar surface area (TPSA) is 88.6 Å². The van der Waals surface area contributed by atoms with E-state index in [9.17, 15) is 13.2 Å². The van der Waals surface area contributed by atoms with Gasteiger partial charge in [0, 0.05) is 25.7 Å². The molecule has 0 bridgehead atoms. The number of piperazine rings is 1. The second kappa shape index (κ2) is 6.81. The molecule has 2 rings (SSSR count). The standard InChI is InChI=1S/C10H15N3O4S2.ClH/c1-7-5-13(4-3-11-7)19(15,16)10-8(9(14)17-2)12-6-18-10;/h6-7,11H,3-5H2,1-2H3;1H/t7-;/m1./s1. The van der Waals surface area contributed by atoms with E-state index in [2.05, 4.69) is 15.0 Å². The van der Waals surface area contributed by atoms with E-state index in [0.29, 0.717) is 19.6 Å². The number of thiazole rings is 1. The van der Waals surface area contributed by atoms with Crippen LogP contribution in [0, 0.1) is 0 Å². The first-order valence-corrected chi connectivity index (χ1v) is 8.04. The van der Waals surface area contributed by atoms with Crippen molar-refractivity contribution in [2.24, 2.45) is 0 Å². The smallest absolute Gasteiger partial charge is 0.358 e. The Bertz CT molecular complexity index is 575. The van der Waals surface area contributed by atoms with Crippen LogP contribution in [0.4, 0.5) is 0 Å². The molecule has 1 aromatic rings. The zero-order valence-electron chi connectivity index (χ0n) is 11.0. The van der Waals surface area contributed by atoms with Crippen LogP contribution in [0.1, 0.15) is 17.4 Å². The van der Waals surface area contributed by atoms with Crippen LogP contribution in [0.15, 0.2) is 9.72 Å². The normalized spacial score (nSPS) is 20.2. The average molecular weight is 342 g/mol. The molecule has 0 spiro atoms. The number of hydrogen-bond acceptors (Lipinski definition) is 7. The molecule has 1 N–H and O–H groups in total. The van der Waals surface area contributed by atoms with Gasteiger partial charge in [-0.2, -0.15) is 4.31 Å². The zero-order chi connectivity index (χ0) is 14.0. The van der Waals surface area contributed by atoms with E-state index in [1.807, 2.05) is 6.92 Å². The van der Waals surface area contributed by atoms with Crippen molar-refractivity contribution in [2.75, 3.05) is 26.7 Å². The van der Waals surface area contributed by atoms with Gasteiger partial charge < -0.3 is 10.1 Å². The van der Waals surface area contributed by atoms with Crippen LogP contribution in [0.5, 0.6) is 0 Å². The molecule has 0 aliphatic carbocycles. The van der Waals surface area contributed by atoms with Gasteiger partial charge in [-0.25, -0.2) is 18.2 Å². The number of nitrogens with zero attached hydrogens (tertiary/aromatic N) is 2. The Morgan fingerprint density at radius 2 is 2.30 bits per heavy atom. The Hall–Kier alpha value is -0.740. The van der Waals surface area contributed by atoms with Crippen molar-refractivity contribution in [3.63, 3.8) is 0 Å². The summed E-state index contributed by atoms with van der Waals surface area (Å²) in [6.45, 7) is 3.26. The van der Waals surface area contributed by atoms with E-state index < -0.39 is 16.0 Å². The highest BCUT2D eigenvalue weighted by Gasteiger charge is 2.34. The molecule has 0 unspecified atom stereocenters. The summed E-state index contributed by atoms with van der Waals surface area (Å²) in [6, 6.07) is 0.0815. The number of carbonyl (C=O) groups is 1. The molecule has 1 aliphatic rings. The Morgan fingerprint density at radius 1 is 1.60 bits per heavy atom. The maximum Gasteiger partial charge on any atom is 0.358 e. The molecule has 1 atom stereocenters. The van der Waals surface area contributed by atoms with Crippen LogP contribution in [-0.4, -0.2) is 56.5 Å². The molecule has 7 nitrogen and oxygen atoms in total. The predicted octanol–water partition coefficient (Wildman–Crippen LogP) is 0.334. The molecule has 1 aliphatic heterocycles. The fraction of sp³-hybridized carbons (Fsp3) is 0.600. The third-order valence-electron chi connectivity index (χ3n) is 2.82. The van der Waals surface area contributed by atoms with Crippen LogP contribution >= 0.6 is 23.7 Å². The first-order chi connectivity index (χ1) is 8.96. The van der Waals surface area contributed by atoms with Crippen LogP contribution in [0.2, 0.25) is 0 Å². The number of aromatic nitrogens is 1. The highest BCUT2D eigenvalue weighted by molar-refractivity contribution is 7.91. The number of nitrogens with one attached hydrogen (secondary N) is 1. The number of hydrogen-bond donors (Lipinski definition) is 1. The summed E-state index contributed by atoms with van der Waals surface area (Å²) in [6.07, 6.45) is 0. The van der Waals surface area contributed by atoms with Gasteiger partial charge in [-0.15, -0.1) is 23.7 Å². The van der Waals surface area contributed by atoms with Gasteiger partial charge in [0.15, 0.2) is 9.90 Å². The summed E-state index contributed by atoms with van der Waals surface area (Å²) in [5, 5.41) is 3.17. The molecule has 1 fully saturated rings. The lowest BCUT2D eigenvalue weighted by Gasteiger charge is -2.30. The average Bonchev–Trinajstić information content (AvgIpc) is 2.87. The molecule has 10 heteroatoms. The van der Waals surface area contributed by atoms with Gasteiger partial charge in [0.2, 0.25) is 0 Å². The van der Waals surface area contributed by atoms with E-state index in [4.69, 9.17) is 0 Å². The molecule has 2 heterocycles. The van der Waals surface area contributed by atoms with Gasteiger partial charge in [0.1, 0.15) is 0 Å². The van der Waals surface area contributed by atoms with Crippen molar-refractivity contribution in [3.8, 4) is 0 Å². The zero-order valence-corrected chi connectivity index (χ0v) is 13.5. The van der Waals surface area contributed by atoms with Crippen molar-refractivity contribution in [1.29, 1.82) is 0 Å². The van der Waals surface area contributed by atoms with Gasteiger partial charge in [0.25, 0.3) is 10.0 Å². The van der Waals surface area contributed by atoms with Gasteiger partial charge in [0.05, 0.1) is 12.6 Å². The van der Waals surface area contributed by atoms with E-state index in [0.717, 1.165) is 11.3 Å². The largest absolute Gasteiger partial charge is 0.464 e. The summed E-state index contributed by atoms with van der Waals surface area (Å²) in [5.74, 6) is -0.733. The fourth-order valence-corrected chi connectivity index (χ4v) is 4.68. The lowest BCUT2D eigenvalue weighted by Crippen LogP contribution is -2.51. The molecule has 114 valence electrons. The Kier molecular flexibility index (Phi) is 5.90. The molecule has 1 saturated heterocycles. The monoisotopic (exact) mass is 341 g/mol. The highest BCUT2D eigenvalue weighted by atomic mass is 35.5. The first-order valence-electron chi connectivity index (χ1n) is 5.72. The Morgan fingerprint density at radius 3 is 2.90 bits per heavy atom. The van der Waals surface area contributed by atoms with Gasteiger partial charge in [-0.3, -0.25) is 0 Å². The van der Waals surface area contributed by atoms with E-state index in [1.165, 1.54) is 16.9 Å². The Balaban J connectivity index is 0.00000200. The van der Waals surface area contributed by atoms with Crippen molar-refractivity contribution >= 4 is 39.7 Å². The minimum Gasteiger partial charge on any atom is -0.464 e. The number of halogens is 1. The maximum atomic E-state index is 12.5. The summed E-state index contributed by atoms with van der Waals surface area (Å²) < 4.78 is 30.9. The van der Waals surface area contributed by atoms with Gasteiger partial charge in [-0.1, -0.05) is 0 Å². The van der Waals surface area contributed by atoms with E-state index >= 15 is 0 Å². The number of carbonyl (C=O) groups excluding carboxylic acids is 1. The highest BCUT2D eigenvalue weighted by Crippen LogP contribution is 2.25.